The standard InChI is InChI=1S/C18H12N2.C3H4N2S/c1-3-9-15-13(7-1)18(17-11-5-6-12-19-17)14-8-2-4-10-16(14)20-15;6-3-4-1-2-5-3/h1-12H;1-2H,(H2,4,5,6). The van der Waals surface area contributed by atoms with Gasteiger partial charge in [-0.05, 0) is 36.5 Å². The Hall–Kier alpha value is -3.31. The van der Waals surface area contributed by atoms with Crippen LogP contribution in [0.5, 0.6) is 0 Å². The van der Waals surface area contributed by atoms with Crippen LogP contribution in [0.1, 0.15) is 0 Å². The molecule has 3 aromatic heterocycles. The van der Waals surface area contributed by atoms with Crippen LogP contribution in [-0.2, 0) is 0 Å². The predicted molar refractivity (Wildman–Crippen MR) is 108 cm³/mol. The molecule has 0 bridgehead atoms. The molecular weight excluding hydrogens is 340 g/mol. The fraction of sp³-hybridized carbons (Fsp3) is 0. The number of pyridine rings is 2. The molecule has 0 fully saturated rings. The van der Waals surface area contributed by atoms with Crippen molar-refractivity contribution in [3.63, 3.8) is 0 Å². The molecular formula is C21H16N4S. The van der Waals surface area contributed by atoms with Crippen LogP contribution in [0, 0.1) is 4.77 Å². The summed E-state index contributed by atoms with van der Waals surface area (Å²) >= 11 is 4.63. The lowest BCUT2D eigenvalue weighted by Crippen LogP contribution is -1.90. The lowest BCUT2D eigenvalue weighted by molar-refractivity contribution is 1.27. The third kappa shape index (κ3) is 3.25. The van der Waals surface area contributed by atoms with Gasteiger partial charge >= 0.3 is 0 Å². The van der Waals surface area contributed by atoms with Crippen molar-refractivity contribution in [1.29, 1.82) is 0 Å². The molecule has 0 aliphatic carbocycles. The minimum Gasteiger partial charge on any atom is -0.338 e. The number of fused-ring (bicyclic) bond motifs is 2. The van der Waals surface area contributed by atoms with Crippen LogP contribution < -0.4 is 0 Å². The van der Waals surface area contributed by atoms with Gasteiger partial charge < -0.3 is 9.97 Å². The number of H-pyrrole nitrogens is 2. The third-order valence-electron chi connectivity index (χ3n) is 4.02. The van der Waals surface area contributed by atoms with Gasteiger partial charge in [-0.3, -0.25) is 4.98 Å². The van der Waals surface area contributed by atoms with E-state index in [4.69, 9.17) is 4.98 Å². The summed E-state index contributed by atoms with van der Waals surface area (Å²) in [4.78, 5) is 14.8. The molecule has 2 N–H and O–H groups in total. The smallest absolute Gasteiger partial charge is 0.174 e. The lowest BCUT2D eigenvalue weighted by Gasteiger charge is -2.10. The average molecular weight is 356 g/mol. The minimum absolute atomic E-state index is 0.676. The summed E-state index contributed by atoms with van der Waals surface area (Å²) in [7, 11) is 0. The number of imidazole rings is 1. The molecule has 3 heterocycles. The van der Waals surface area contributed by atoms with Crippen LogP contribution in [0.15, 0.2) is 85.3 Å². The van der Waals surface area contributed by atoms with E-state index in [0.29, 0.717) is 4.77 Å². The monoisotopic (exact) mass is 356 g/mol. The Labute approximate surface area is 155 Å². The van der Waals surface area contributed by atoms with Crippen molar-refractivity contribution in [2.75, 3.05) is 0 Å². The van der Waals surface area contributed by atoms with Gasteiger partial charge in [0.1, 0.15) is 0 Å². The van der Waals surface area contributed by atoms with Crippen LogP contribution in [0.3, 0.4) is 0 Å². The first kappa shape index (κ1) is 16.2. The van der Waals surface area contributed by atoms with E-state index in [1.807, 2.05) is 60.8 Å². The first-order valence-electron chi connectivity index (χ1n) is 8.24. The summed E-state index contributed by atoms with van der Waals surface area (Å²) in [6, 6.07) is 22.5. The highest BCUT2D eigenvalue weighted by Crippen LogP contribution is 2.33. The van der Waals surface area contributed by atoms with Crippen molar-refractivity contribution >= 4 is 34.0 Å². The molecule has 26 heavy (non-hydrogen) atoms. The zero-order chi connectivity index (χ0) is 17.8. The fourth-order valence-corrected chi connectivity index (χ4v) is 3.04. The Morgan fingerprint density at radius 1 is 0.692 bits per heavy atom. The summed E-state index contributed by atoms with van der Waals surface area (Å²) in [5, 5.41) is 2.29. The first-order chi connectivity index (χ1) is 12.8. The van der Waals surface area contributed by atoms with Crippen LogP contribution in [0.2, 0.25) is 0 Å². The molecule has 0 aliphatic heterocycles. The molecule has 5 heteroatoms. The molecule has 126 valence electrons. The van der Waals surface area contributed by atoms with Crippen molar-refractivity contribution in [2.24, 2.45) is 0 Å². The lowest BCUT2D eigenvalue weighted by atomic mass is 9.99. The highest BCUT2D eigenvalue weighted by atomic mass is 32.1. The van der Waals surface area contributed by atoms with Crippen LogP contribution in [0.4, 0.5) is 0 Å². The van der Waals surface area contributed by atoms with Gasteiger partial charge in [-0.25, -0.2) is 4.98 Å². The summed E-state index contributed by atoms with van der Waals surface area (Å²) < 4.78 is 0.676. The Morgan fingerprint density at radius 3 is 1.77 bits per heavy atom. The maximum Gasteiger partial charge on any atom is 0.174 e. The van der Waals surface area contributed by atoms with Gasteiger partial charge in [0.05, 0.1) is 16.7 Å². The highest BCUT2D eigenvalue weighted by molar-refractivity contribution is 7.71. The molecule has 4 nitrogen and oxygen atoms in total. The van der Waals surface area contributed by atoms with E-state index in [-0.39, 0.29) is 0 Å². The zero-order valence-electron chi connectivity index (χ0n) is 13.9. The van der Waals surface area contributed by atoms with E-state index < -0.39 is 0 Å². The summed E-state index contributed by atoms with van der Waals surface area (Å²) in [6.07, 6.45) is 5.34. The maximum absolute atomic E-state index is 4.74. The number of hydrogen-bond donors (Lipinski definition) is 2. The Bertz CT molecular complexity index is 1140. The van der Waals surface area contributed by atoms with Gasteiger partial charge in [0.2, 0.25) is 0 Å². The quantitative estimate of drug-likeness (QED) is 0.307. The third-order valence-corrected chi connectivity index (χ3v) is 4.26. The molecule has 0 aliphatic rings. The first-order valence-corrected chi connectivity index (χ1v) is 8.65. The summed E-state index contributed by atoms with van der Waals surface area (Å²) in [5.41, 5.74) is 4.16. The van der Waals surface area contributed by atoms with Crippen molar-refractivity contribution in [3.05, 3.63) is 90.1 Å². The maximum atomic E-state index is 4.74. The van der Waals surface area contributed by atoms with E-state index >= 15 is 0 Å². The Morgan fingerprint density at radius 2 is 1.27 bits per heavy atom. The molecule has 0 saturated heterocycles. The van der Waals surface area contributed by atoms with Gasteiger partial charge in [0.15, 0.2) is 4.77 Å². The SMILES string of the molecule is S=c1[nH]cc[nH]1.c1ccc(-c2c3ccccc3nc3ccccc23)nc1. The van der Waals surface area contributed by atoms with Crippen molar-refractivity contribution in [3.8, 4) is 11.3 Å². The summed E-state index contributed by atoms with van der Waals surface area (Å²) in [6.45, 7) is 0. The fourth-order valence-electron chi connectivity index (χ4n) is 2.90. The number of nitrogens with one attached hydrogen (secondary N) is 2. The van der Waals surface area contributed by atoms with E-state index in [2.05, 4.69) is 39.3 Å². The summed E-state index contributed by atoms with van der Waals surface area (Å²) in [5.74, 6) is 0. The average Bonchev–Trinajstić information content (AvgIpc) is 3.18. The molecule has 0 radical (unpaired) electrons. The second-order valence-electron chi connectivity index (χ2n) is 5.69. The normalized spacial score (nSPS) is 10.5. The number of aromatic nitrogens is 4. The Balaban J connectivity index is 0.000000240. The number of rotatable bonds is 1. The van der Waals surface area contributed by atoms with Crippen molar-refractivity contribution in [2.45, 2.75) is 0 Å². The molecule has 5 rings (SSSR count). The van der Waals surface area contributed by atoms with Crippen LogP contribution >= 0.6 is 12.2 Å². The number of aromatic amines is 2. The topological polar surface area (TPSA) is 57.4 Å². The molecule has 2 aromatic carbocycles. The highest BCUT2D eigenvalue weighted by Gasteiger charge is 2.10. The molecule has 0 unspecified atom stereocenters. The molecule has 5 aromatic rings. The van der Waals surface area contributed by atoms with E-state index in [9.17, 15) is 0 Å². The predicted octanol–water partition coefficient (Wildman–Crippen LogP) is 5.52. The van der Waals surface area contributed by atoms with Gasteiger partial charge in [-0.15, -0.1) is 0 Å². The van der Waals surface area contributed by atoms with Crippen molar-refractivity contribution in [1.82, 2.24) is 19.9 Å². The van der Waals surface area contributed by atoms with Gasteiger partial charge in [0.25, 0.3) is 0 Å². The minimum atomic E-state index is 0.676. The van der Waals surface area contributed by atoms with Gasteiger partial charge in [0, 0.05) is 34.9 Å². The van der Waals surface area contributed by atoms with E-state index in [1.54, 1.807) is 12.4 Å². The van der Waals surface area contributed by atoms with Crippen LogP contribution in [-0.4, -0.2) is 19.9 Å². The molecule has 0 amide bonds. The van der Waals surface area contributed by atoms with E-state index in [1.165, 1.54) is 0 Å². The van der Waals surface area contributed by atoms with Gasteiger partial charge in [-0.2, -0.15) is 0 Å². The largest absolute Gasteiger partial charge is 0.338 e. The molecule has 0 saturated carbocycles. The van der Waals surface area contributed by atoms with Crippen LogP contribution in [0.25, 0.3) is 33.1 Å². The van der Waals surface area contributed by atoms with Gasteiger partial charge in [-0.1, -0.05) is 42.5 Å². The second kappa shape index (κ2) is 7.29. The second-order valence-corrected chi connectivity index (χ2v) is 6.10. The van der Waals surface area contributed by atoms with E-state index in [0.717, 1.165) is 33.1 Å². The molecule has 0 spiro atoms. The van der Waals surface area contributed by atoms with Crippen molar-refractivity contribution < 1.29 is 0 Å². The number of para-hydroxylation sites is 2. The number of nitrogens with zero attached hydrogens (tertiary/aromatic N) is 2. The Kier molecular flexibility index (Phi) is 4.53. The zero-order valence-corrected chi connectivity index (χ0v) is 14.7. The number of hydrogen-bond acceptors (Lipinski definition) is 3. The molecule has 0 atom stereocenters. The number of benzene rings is 2.